The van der Waals surface area contributed by atoms with Crippen LogP contribution in [0.2, 0.25) is 0 Å². The van der Waals surface area contributed by atoms with Gasteiger partial charge in [0.1, 0.15) is 0 Å². The second-order valence-electron chi connectivity index (χ2n) is 5.82. The molecule has 0 fully saturated rings. The fourth-order valence-electron chi connectivity index (χ4n) is 3.30. The van der Waals surface area contributed by atoms with Crippen molar-refractivity contribution in [1.82, 2.24) is 9.78 Å². The van der Waals surface area contributed by atoms with Gasteiger partial charge in [0.2, 0.25) is 0 Å². The average Bonchev–Trinajstić information content (AvgIpc) is 3.08. The Balaban J connectivity index is 0.00000157. The summed E-state index contributed by atoms with van der Waals surface area (Å²) in [5.41, 5.74) is 1.83. The zero-order valence-electron chi connectivity index (χ0n) is 13.0. The second kappa shape index (κ2) is 6.07. The first kappa shape index (κ1) is 15.9. The quantitative estimate of drug-likeness (QED) is 0.225. The molecular weight excluding hydrogens is 491 g/mol. The van der Waals surface area contributed by atoms with E-state index in [-0.39, 0.29) is 25.9 Å². The predicted octanol–water partition coefficient (Wildman–Crippen LogP) is 5.27. The van der Waals surface area contributed by atoms with Gasteiger partial charge in [0.25, 0.3) is 0 Å². The Morgan fingerprint density at radius 3 is 2.28 bits per heavy atom. The minimum Gasteiger partial charge on any atom is -0.265 e. The molecule has 4 aromatic carbocycles. The molecule has 0 spiro atoms. The average molecular weight is 504 g/mol. The van der Waals surface area contributed by atoms with Crippen LogP contribution in [-0.4, -0.2) is 9.78 Å². The Labute approximate surface area is 157 Å². The molecule has 0 amide bonds. The Morgan fingerprint density at radius 1 is 0.840 bits per heavy atom. The fourth-order valence-corrected chi connectivity index (χ4v) is 3.30. The van der Waals surface area contributed by atoms with Crippen LogP contribution >= 0.6 is 0 Å². The van der Waals surface area contributed by atoms with E-state index in [0.29, 0.717) is 0 Å². The normalized spacial score (nSPS) is 11.1. The van der Waals surface area contributed by atoms with E-state index < -0.39 is 0 Å². The largest absolute Gasteiger partial charge is 0.265 e. The van der Waals surface area contributed by atoms with Gasteiger partial charge < -0.3 is 0 Å². The molecule has 1 radical (unpaired) electrons. The van der Waals surface area contributed by atoms with Crippen LogP contribution in [0.5, 0.6) is 0 Å². The molecule has 2 nitrogen and oxygen atoms in total. The number of fused-ring (bicyclic) bond motifs is 6. The van der Waals surface area contributed by atoms with Crippen LogP contribution in [0.3, 0.4) is 0 Å². The first-order chi connectivity index (χ1) is 11.8. The van der Waals surface area contributed by atoms with Crippen molar-refractivity contribution in [3.8, 4) is 5.69 Å². The van der Waals surface area contributed by atoms with Gasteiger partial charge in [0, 0.05) is 37.6 Å². The molecule has 1 heterocycles. The number of hydrogen-bond acceptors (Lipinski definition) is 1. The van der Waals surface area contributed by atoms with E-state index in [1.165, 1.54) is 6.07 Å². The Bertz CT molecular complexity index is 1210. The van der Waals surface area contributed by atoms with Crippen molar-refractivity contribution in [2.24, 2.45) is 0 Å². The molecule has 0 saturated carbocycles. The van der Waals surface area contributed by atoms with Gasteiger partial charge in [-0.05, 0) is 22.9 Å². The van der Waals surface area contributed by atoms with Gasteiger partial charge in [-0.25, -0.2) is 9.78 Å². The Morgan fingerprint density at radius 2 is 1.52 bits per heavy atom. The minimum absolute atomic E-state index is 0. The maximum atomic E-state index is 13.8. The van der Waals surface area contributed by atoms with Crippen molar-refractivity contribution in [2.75, 3.05) is 0 Å². The SMILES string of the molecule is Fc1c[c-]c2c(c1)c1ccccc1c1cn(-c3ccccc3)nc21.[Ir]. The monoisotopic (exact) mass is 504 g/mol. The molecular formula is C21H12FIrN2-. The Hall–Kier alpha value is -2.55. The van der Waals surface area contributed by atoms with Crippen LogP contribution in [0.15, 0.2) is 72.9 Å². The number of hydrogen-bond donors (Lipinski definition) is 0. The Kier molecular flexibility index (Phi) is 3.87. The molecule has 0 aliphatic carbocycles. The van der Waals surface area contributed by atoms with E-state index in [0.717, 1.165) is 38.1 Å². The molecule has 5 rings (SSSR count). The summed E-state index contributed by atoms with van der Waals surface area (Å²) in [5.74, 6) is -0.283. The summed E-state index contributed by atoms with van der Waals surface area (Å²) in [6.07, 6.45) is 2.03. The van der Waals surface area contributed by atoms with E-state index >= 15 is 0 Å². The summed E-state index contributed by atoms with van der Waals surface area (Å²) in [5, 5.41) is 9.58. The molecule has 0 unspecified atom stereocenters. The molecule has 123 valence electrons. The van der Waals surface area contributed by atoms with Crippen molar-refractivity contribution in [3.63, 3.8) is 0 Å². The van der Waals surface area contributed by atoms with Crippen molar-refractivity contribution < 1.29 is 24.5 Å². The maximum absolute atomic E-state index is 13.8. The topological polar surface area (TPSA) is 17.8 Å². The molecule has 5 aromatic rings. The minimum atomic E-state index is -0.283. The number of nitrogens with zero attached hydrogens (tertiary/aromatic N) is 2. The van der Waals surface area contributed by atoms with Crippen molar-refractivity contribution in [1.29, 1.82) is 0 Å². The van der Waals surface area contributed by atoms with Gasteiger partial charge >= 0.3 is 0 Å². The van der Waals surface area contributed by atoms with Crippen molar-refractivity contribution >= 4 is 32.4 Å². The number of benzene rings is 4. The zero-order valence-corrected chi connectivity index (χ0v) is 15.4. The van der Waals surface area contributed by atoms with E-state index in [1.807, 2.05) is 59.4 Å². The summed E-state index contributed by atoms with van der Waals surface area (Å²) in [7, 11) is 0. The van der Waals surface area contributed by atoms with Crippen LogP contribution in [-0.2, 0) is 20.1 Å². The van der Waals surface area contributed by atoms with Gasteiger partial charge in [-0.2, -0.15) is 0 Å². The molecule has 4 heteroatoms. The summed E-state index contributed by atoms with van der Waals surface area (Å²) in [6, 6.07) is 24.0. The first-order valence-corrected chi connectivity index (χ1v) is 7.78. The van der Waals surface area contributed by atoms with E-state index in [4.69, 9.17) is 5.10 Å². The van der Waals surface area contributed by atoms with Gasteiger partial charge in [-0.1, -0.05) is 53.2 Å². The fraction of sp³-hybridized carbons (Fsp3) is 0. The number of rotatable bonds is 1. The van der Waals surface area contributed by atoms with Gasteiger partial charge in [0.05, 0.1) is 5.69 Å². The maximum Gasteiger partial charge on any atom is 0.0636 e. The molecule has 25 heavy (non-hydrogen) atoms. The third-order valence-electron chi connectivity index (χ3n) is 4.39. The molecule has 0 atom stereocenters. The first-order valence-electron chi connectivity index (χ1n) is 7.78. The third kappa shape index (κ3) is 2.46. The predicted molar refractivity (Wildman–Crippen MR) is 94.9 cm³/mol. The molecule has 0 bridgehead atoms. The molecule has 1 aromatic heterocycles. The van der Waals surface area contributed by atoms with Gasteiger partial charge in [-0.15, -0.1) is 23.6 Å². The van der Waals surface area contributed by atoms with Crippen LogP contribution in [0.4, 0.5) is 4.39 Å². The van der Waals surface area contributed by atoms with Gasteiger partial charge in [-0.3, -0.25) is 4.39 Å². The number of para-hydroxylation sites is 1. The zero-order chi connectivity index (χ0) is 16.1. The number of halogens is 1. The van der Waals surface area contributed by atoms with E-state index in [1.54, 1.807) is 6.07 Å². The van der Waals surface area contributed by atoms with Crippen LogP contribution < -0.4 is 0 Å². The summed E-state index contributed by atoms with van der Waals surface area (Å²) >= 11 is 0. The smallest absolute Gasteiger partial charge is 0.0636 e. The van der Waals surface area contributed by atoms with E-state index in [9.17, 15) is 4.39 Å². The summed E-state index contributed by atoms with van der Waals surface area (Å²) in [4.78, 5) is 0. The molecule has 0 saturated heterocycles. The van der Waals surface area contributed by atoms with Crippen LogP contribution in [0.25, 0.3) is 38.1 Å². The van der Waals surface area contributed by atoms with E-state index in [2.05, 4.69) is 12.1 Å². The number of aromatic nitrogens is 2. The summed E-state index contributed by atoms with van der Waals surface area (Å²) < 4.78 is 15.6. The summed E-state index contributed by atoms with van der Waals surface area (Å²) in [6.45, 7) is 0. The van der Waals surface area contributed by atoms with Crippen LogP contribution in [0, 0.1) is 11.9 Å². The molecule has 0 aliphatic heterocycles. The second-order valence-corrected chi connectivity index (χ2v) is 5.82. The van der Waals surface area contributed by atoms with Gasteiger partial charge in [0.15, 0.2) is 0 Å². The van der Waals surface area contributed by atoms with Crippen molar-refractivity contribution in [3.05, 3.63) is 84.8 Å². The standard InChI is InChI=1S/C21H12FN2.Ir/c22-14-10-11-18-19(12-14)16-8-4-5-9-17(16)20-13-24(23-21(18)20)15-6-2-1-3-7-15;/h1-10,12-13H;/q-1;. The van der Waals surface area contributed by atoms with Crippen LogP contribution in [0.1, 0.15) is 0 Å². The van der Waals surface area contributed by atoms with Crippen molar-refractivity contribution in [2.45, 2.75) is 0 Å². The third-order valence-corrected chi connectivity index (χ3v) is 4.39. The molecule has 0 aliphatic rings. The molecule has 0 N–H and O–H groups in total.